The SMILES string of the molecule is [NH3+]CC1(c2ccccc2)CCC(OC/C=C/c2ccccc2)CC1. The molecule has 3 N–H and O–H groups in total. The van der Waals surface area contributed by atoms with Crippen LogP contribution in [0.1, 0.15) is 36.8 Å². The van der Waals surface area contributed by atoms with E-state index < -0.39 is 0 Å². The number of ether oxygens (including phenoxy) is 1. The highest BCUT2D eigenvalue weighted by Crippen LogP contribution is 2.39. The average molecular weight is 322 g/mol. The number of hydrogen-bond donors (Lipinski definition) is 1. The molecule has 3 rings (SSSR count). The molecule has 0 spiro atoms. The van der Waals surface area contributed by atoms with Crippen molar-refractivity contribution in [1.29, 1.82) is 0 Å². The summed E-state index contributed by atoms with van der Waals surface area (Å²) < 4.78 is 6.07. The molecule has 0 heterocycles. The summed E-state index contributed by atoms with van der Waals surface area (Å²) in [6, 6.07) is 21.3. The van der Waals surface area contributed by atoms with Gasteiger partial charge in [0.1, 0.15) is 0 Å². The minimum atomic E-state index is 0.251. The van der Waals surface area contributed by atoms with Gasteiger partial charge in [-0.25, -0.2) is 0 Å². The Balaban J connectivity index is 1.49. The van der Waals surface area contributed by atoms with Gasteiger partial charge in [-0.1, -0.05) is 72.8 Å². The quantitative estimate of drug-likeness (QED) is 0.862. The topological polar surface area (TPSA) is 36.9 Å². The first-order valence-electron chi connectivity index (χ1n) is 9.00. The van der Waals surface area contributed by atoms with Crippen molar-refractivity contribution in [2.45, 2.75) is 37.2 Å². The molecule has 0 aliphatic heterocycles. The fourth-order valence-corrected chi connectivity index (χ4v) is 3.73. The van der Waals surface area contributed by atoms with Crippen LogP contribution in [0.15, 0.2) is 66.7 Å². The van der Waals surface area contributed by atoms with Gasteiger partial charge in [0.2, 0.25) is 0 Å². The van der Waals surface area contributed by atoms with E-state index in [4.69, 9.17) is 4.74 Å². The molecule has 2 aromatic carbocycles. The van der Waals surface area contributed by atoms with Gasteiger partial charge in [-0.05, 0) is 36.8 Å². The second-order valence-corrected chi connectivity index (χ2v) is 6.74. The van der Waals surface area contributed by atoms with Crippen LogP contribution in [0.4, 0.5) is 0 Å². The summed E-state index contributed by atoms with van der Waals surface area (Å²) in [5, 5.41) is 0. The van der Waals surface area contributed by atoms with Gasteiger partial charge in [0.05, 0.1) is 19.3 Å². The Labute approximate surface area is 145 Å². The summed E-state index contributed by atoms with van der Waals surface area (Å²) in [6.07, 6.45) is 9.24. The zero-order valence-corrected chi connectivity index (χ0v) is 14.4. The predicted molar refractivity (Wildman–Crippen MR) is 99.6 cm³/mol. The van der Waals surface area contributed by atoms with Crippen molar-refractivity contribution in [2.75, 3.05) is 13.2 Å². The van der Waals surface area contributed by atoms with E-state index in [2.05, 4.69) is 72.5 Å². The van der Waals surface area contributed by atoms with Crippen LogP contribution in [-0.4, -0.2) is 19.3 Å². The minimum Gasteiger partial charge on any atom is -0.374 e. The Kier molecular flexibility index (Phi) is 5.84. The average Bonchev–Trinajstić information content (AvgIpc) is 2.67. The highest BCUT2D eigenvalue weighted by atomic mass is 16.5. The van der Waals surface area contributed by atoms with Crippen molar-refractivity contribution < 1.29 is 10.5 Å². The molecule has 2 aromatic rings. The molecule has 0 unspecified atom stereocenters. The molecule has 2 nitrogen and oxygen atoms in total. The third-order valence-electron chi connectivity index (χ3n) is 5.29. The number of rotatable bonds is 6. The largest absolute Gasteiger partial charge is 0.374 e. The van der Waals surface area contributed by atoms with E-state index in [1.165, 1.54) is 24.0 Å². The van der Waals surface area contributed by atoms with Gasteiger partial charge in [-0.2, -0.15) is 0 Å². The van der Waals surface area contributed by atoms with Crippen LogP contribution in [0.2, 0.25) is 0 Å². The second kappa shape index (κ2) is 8.27. The van der Waals surface area contributed by atoms with Gasteiger partial charge in [-0.3, -0.25) is 0 Å². The van der Waals surface area contributed by atoms with Gasteiger partial charge in [0.25, 0.3) is 0 Å². The lowest BCUT2D eigenvalue weighted by Gasteiger charge is -2.38. The molecule has 0 saturated heterocycles. The molecule has 126 valence electrons. The lowest BCUT2D eigenvalue weighted by molar-refractivity contribution is -0.385. The molecular formula is C22H28NO+. The summed E-state index contributed by atoms with van der Waals surface area (Å²) in [7, 11) is 0. The van der Waals surface area contributed by atoms with E-state index in [9.17, 15) is 0 Å². The summed E-state index contributed by atoms with van der Waals surface area (Å²) in [4.78, 5) is 0. The molecule has 0 aromatic heterocycles. The normalized spacial score (nSPS) is 24.3. The molecule has 0 radical (unpaired) electrons. The Bertz CT molecular complexity index is 628. The lowest BCUT2D eigenvalue weighted by Crippen LogP contribution is -2.61. The zero-order valence-electron chi connectivity index (χ0n) is 14.4. The molecule has 0 bridgehead atoms. The summed E-state index contributed by atoms with van der Waals surface area (Å²) in [5.74, 6) is 0. The van der Waals surface area contributed by atoms with Gasteiger partial charge in [0, 0.05) is 5.41 Å². The molecule has 1 saturated carbocycles. The van der Waals surface area contributed by atoms with Gasteiger partial charge in [-0.15, -0.1) is 0 Å². The maximum atomic E-state index is 6.07. The molecule has 1 fully saturated rings. The van der Waals surface area contributed by atoms with Gasteiger partial charge < -0.3 is 10.5 Å². The van der Waals surface area contributed by atoms with E-state index in [1.54, 1.807) is 0 Å². The van der Waals surface area contributed by atoms with Crippen LogP contribution in [0.25, 0.3) is 6.08 Å². The second-order valence-electron chi connectivity index (χ2n) is 6.74. The first-order valence-corrected chi connectivity index (χ1v) is 9.00. The van der Waals surface area contributed by atoms with Gasteiger partial charge in [0.15, 0.2) is 0 Å². The fourth-order valence-electron chi connectivity index (χ4n) is 3.73. The number of benzene rings is 2. The predicted octanol–water partition coefficient (Wildman–Crippen LogP) is 3.84. The van der Waals surface area contributed by atoms with E-state index in [0.717, 1.165) is 19.4 Å². The summed E-state index contributed by atoms with van der Waals surface area (Å²) in [6.45, 7) is 1.67. The van der Waals surface area contributed by atoms with Crippen LogP contribution in [0.3, 0.4) is 0 Å². The van der Waals surface area contributed by atoms with Crippen molar-refractivity contribution in [3.8, 4) is 0 Å². The van der Waals surface area contributed by atoms with Crippen LogP contribution < -0.4 is 5.73 Å². The van der Waals surface area contributed by atoms with Gasteiger partial charge >= 0.3 is 0 Å². The van der Waals surface area contributed by atoms with E-state index in [-0.39, 0.29) is 5.41 Å². The number of quaternary nitrogens is 1. The molecule has 1 aliphatic rings. The number of hydrogen-bond acceptors (Lipinski definition) is 1. The van der Waals surface area contributed by atoms with E-state index in [1.807, 2.05) is 6.07 Å². The molecule has 24 heavy (non-hydrogen) atoms. The molecule has 2 heteroatoms. The van der Waals surface area contributed by atoms with Crippen LogP contribution in [0.5, 0.6) is 0 Å². The smallest absolute Gasteiger partial charge is 0.0838 e. The Hall–Kier alpha value is -1.90. The summed E-state index contributed by atoms with van der Waals surface area (Å²) in [5.41, 5.74) is 7.16. The maximum Gasteiger partial charge on any atom is 0.0838 e. The third-order valence-corrected chi connectivity index (χ3v) is 5.29. The van der Waals surface area contributed by atoms with Crippen LogP contribution in [0, 0.1) is 0 Å². The fraction of sp³-hybridized carbons (Fsp3) is 0.364. The van der Waals surface area contributed by atoms with Crippen LogP contribution in [-0.2, 0) is 10.2 Å². The Morgan fingerprint density at radius 2 is 1.58 bits per heavy atom. The highest BCUT2D eigenvalue weighted by molar-refractivity contribution is 5.48. The molecule has 0 atom stereocenters. The standard InChI is InChI=1S/C22H27NO/c23-18-22(20-11-5-2-6-12-20)15-13-21(14-16-22)24-17-7-10-19-8-3-1-4-9-19/h1-12,21H,13-18,23H2/p+1/b10-7+. The minimum absolute atomic E-state index is 0.251. The van der Waals surface area contributed by atoms with Crippen molar-refractivity contribution in [1.82, 2.24) is 0 Å². The molecule has 1 aliphatic carbocycles. The maximum absolute atomic E-state index is 6.07. The molecular weight excluding hydrogens is 294 g/mol. The molecule has 0 amide bonds. The van der Waals surface area contributed by atoms with E-state index >= 15 is 0 Å². The highest BCUT2D eigenvalue weighted by Gasteiger charge is 2.37. The lowest BCUT2D eigenvalue weighted by atomic mass is 9.69. The third kappa shape index (κ3) is 4.14. The first-order chi connectivity index (χ1) is 11.8. The van der Waals surface area contributed by atoms with Crippen LogP contribution >= 0.6 is 0 Å². The van der Waals surface area contributed by atoms with E-state index in [0.29, 0.717) is 12.7 Å². The first kappa shape index (κ1) is 16.9. The van der Waals surface area contributed by atoms with Crippen molar-refractivity contribution in [3.63, 3.8) is 0 Å². The Morgan fingerprint density at radius 3 is 2.21 bits per heavy atom. The Morgan fingerprint density at radius 1 is 0.958 bits per heavy atom. The zero-order chi connectivity index (χ0) is 16.7. The van der Waals surface area contributed by atoms with Crippen molar-refractivity contribution in [2.24, 2.45) is 0 Å². The summed E-state index contributed by atoms with van der Waals surface area (Å²) >= 11 is 0. The van der Waals surface area contributed by atoms with Crippen molar-refractivity contribution in [3.05, 3.63) is 77.9 Å². The monoisotopic (exact) mass is 322 g/mol. The van der Waals surface area contributed by atoms with Crippen molar-refractivity contribution >= 4 is 6.08 Å².